The van der Waals surface area contributed by atoms with Crippen LogP contribution in [0.3, 0.4) is 0 Å². The van der Waals surface area contributed by atoms with E-state index in [2.05, 4.69) is 10.3 Å². The third-order valence-corrected chi connectivity index (χ3v) is 6.20. The summed E-state index contributed by atoms with van der Waals surface area (Å²) in [6.07, 6.45) is 3.75. The maximum Gasteiger partial charge on any atom is 0.251 e. The second-order valence-electron chi connectivity index (χ2n) is 6.65. The number of carbonyl (C=O) groups is 1. The standard InChI is InChI=1S/C22H19N3O3S/c26-22(23-14-19-15-25-12-5-4-11-21(25)24-19)18-8-6-7-17(13-18)16-29(27,28)20-9-2-1-3-10-20/h1-13,15H,14,16H2,(H,23,26). The van der Waals surface area contributed by atoms with Crippen molar-refractivity contribution in [2.24, 2.45) is 0 Å². The summed E-state index contributed by atoms with van der Waals surface area (Å²) in [5, 5.41) is 2.83. The summed E-state index contributed by atoms with van der Waals surface area (Å²) in [6.45, 7) is 0.285. The Morgan fingerprint density at radius 3 is 2.55 bits per heavy atom. The van der Waals surface area contributed by atoms with Crippen LogP contribution in [0.25, 0.3) is 5.65 Å². The quantitative estimate of drug-likeness (QED) is 0.534. The molecule has 0 bridgehead atoms. The monoisotopic (exact) mass is 405 g/mol. The van der Waals surface area contributed by atoms with Crippen molar-refractivity contribution in [2.45, 2.75) is 17.2 Å². The van der Waals surface area contributed by atoms with Crippen molar-refractivity contribution in [3.8, 4) is 0 Å². The molecule has 0 aliphatic heterocycles. The molecule has 1 amide bonds. The lowest BCUT2D eigenvalue weighted by Gasteiger charge is -2.07. The van der Waals surface area contributed by atoms with Gasteiger partial charge in [0.05, 0.1) is 22.9 Å². The second kappa shape index (κ2) is 7.89. The average Bonchev–Trinajstić information content (AvgIpc) is 3.15. The van der Waals surface area contributed by atoms with Crippen molar-refractivity contribution in [1.82, 2.24) is 14.7 Å². The number of nitrogens with one attached hydrogen (secondary N) is 1. The van der Waals surface area contributed by atoms with E-state index in [1.807, 2.05) is 35.0 Å². The molecule has 2 aromatic carbocycles. The van der Waals surface area contributed by atoms with E-state index in [1.165, 1.54) is 0 Å². The van der Waals surface area contributed by atoms with Gasteiger partial charge in [-0.05, 0) is 42.0 Å². The van der Waals surface area contributed by atoms with Gasteiger partial charge in [0.2, 0.25) is 0 Å². The van der Waals surface area contributed by atoms with Crippen LogP contribution in [0.1, 0.15) is 21.6 Å². The van der Waals surface area contributed by atoms with Gasteiger partial charge in [-0.2, -0.15) is 0 Å². The van der Waals surface area contributed by atoms with E-state index >= 15 is 0 Å². The number of aromatic nitrogens is 2. The van der Waals surface area contributed by atoms with Gasteiger partial charge in [0.15, 0.2) is 9.84 Å². The number of rotatable bonds is 6. The van der Waals surface area contributed by atoms with E-state index in [0.29, 0.717) is 11.1 Å². The van der Waals surface area contributed by atoms with Crippen LogP contribution in [-0.2, 0) is 22.1 Å². The maximum absolute atomic E-state index is 12.6. The molecule has 29 heavy (non-hydrogen) atoms. The van der Waals surface area contributed by atoms with E-state index in [1.54, 1.807) is 54.6 Å². The van der Waals surface area contributed by atoms with Gasteiger partial charge in [0.1, 0.15) is 5.65 Å². The van der Waals surface area contributed by atoms with Crippen LogP contribution in [0.2, 0.25) is 0 Å². The molecule has 0 saturated heterocycles. The highest BCUT2D eigenvalue weighted by molar-refractivity contribution is 7.90. The van der Waals surface area contributed by atoms with Crippen molar-refractivity contribution < 1.29 is 13.2 Å². The SMILES string of the molecule is O=C(NCc1cn2ccccc2n1)c1cccc(CS(=O)(=O)c2ccccc2)c1. The third kappa shape index (κ3) is 4.35. The van der Waals surface area contributed by atoms with E-state index in [0.717, 1.165) is 11.3 Å². The van der Waals surface area contributed by atoms with Gasteiger partial charge >= 0.3 is 0 Å². The molecule has 1 N–H and O–H groups in total. The van der Waals surface area contributed by atoms with E-state index in [9.17, 15) is 13.2 Å². The number of nitrogens with zero attached hydrogens (tertiary/aromatic N) is 2. The van der Waals surface area contributed by atoms with Crippen LogP contribution in [-0.4, -0.2) is 23.7 Å². The van der Waals surface area contributed by atoms with Gasteiger partial charge in [0.25, 0.3) is 5.91 Å². The van der Waals surface area contributed by atoms with E-state index < -0.39 is 9.84 Å². The molecule has 4 aromatic rings. The molecule has 2 aromatic heterocycles. The van der Waals surface area contributed by atoms with Crippen molar-refractivity contribution in [2.75, 3.05) is 0 Å². The van der Waals surface area contributed by atoms with Crippen LogP contribution in [0.5, 0.6) is 0 Å². The lowest BCUT2D eigenvalue weighted by molar-refractivity contribution is 0.0950. The smallest absolute Gasteiger partial charge is 0.251 e. The number of fused-ring (bicyclic) bond motifs is 1. The Kier molecular flexibility index (Phi) is 5.14. The predicted octanol–water partition coefficient (Wildman–Crippen LogP) is 3.24. The molecule has 0 aliphatic rings. The van der Waals surface area contributed by atoms with Crippen LogP contribution in [0, 0.1) is 0 Å². The zero-order chi connectivity index (χ0) is 20.3. The highest BCUT2D eigenvalue weighted by atomic mass is 32.2. The first-order valence-electron chi connectivity index (χ1n) is 9.09. The lowest BCUT2D eigenvalue weighted by atomic mass is 10.1. The third-order valence-electron chi connectivity index (χ3n) is 4.49. The minimum absolute atomic E-state index is 0.162. The summed E-state index contributed by atoms with van der Waals surface area (Å²) >= 11 is 0. The summed E-state index contributed by atoms with van der Waals surface area (Å²) in [6, 6.07) is 20.7. The maximum atomic E-state index is 12.6. The second-order valence-corrected chi connectivity index (χ2v) is 8.64. The van der Waals surface area contributed by atoms with E-state index in [4.69, 9.17) is 0 Å². The molecule has 0 fully saturated rings. The van der Waals surface area contributed by atoms with E-state index in [-0.39, 0.29) is 23.1 Å². The fraction of sp³-hybridized carbons (Fsp3) is 0.0909. The number of carbonyl (C=O) groups excluding carboxylic acids is 1. The van der Waals surface area contributed by atoms with Gasteiger partial charge in [0, 0.05) is 18.0 Å². The number of amides is 1. The summed E-state index contributed by atoms with van der Waals surface area (Å²) in [5.41, 5.74) is 2.53. The number of pyridine rings is 1. The van der Waals surface area contributed by atoms with Gasteiger partial charge in [-0.1, -0.05) is 36.4 Å². The number of hydrogen-bond donors (Lipinski definition) is 1. The molecule has 146 valence electrons. The topological polar surface area (TPSA) is 80.5 Å². The Hall–Kier alpha value is -3.45. The van der Waals surface area contributed by atoms with Crippen LogP contribution in [0.15, 0.2) is 90.1 Å². The molecule has 0 unspecified atom stereocenters. The zero-order valence-corrected chi connectivity index (χ0v) is 16.3. The molecular weight excluding hydrogens is 386 g/mol. The number of benzene rings is 2. The van der Waals surface area contributed by atoms with Gasteiger partial charge in [-0.3, -0.25) is 4.79 Å². The molecule has 0 aliphatic carbocycles. The summed E-state index contributed by atoms with van der Waals surface area (Å²) in [5.74, 6) is -0.439. The first kappa shape index (κ1) is 18.9. The Labute approximate surface area is 168 Å². The fourth-order valence-electron chi connectivity index (χ4n) is 3.08. The minimum Gasteiger partial charge on any atom is -0.346 e. The molecule has 0 atom stereocenters. The fourth-order valence-corrected chi connectivity index (χ4v) is 4.44. The highest BCUT2D eigenvalue weighted by Crippen LogP contribution is 2.17. The summed E-state index contributed by atoms with van der Waals surface area (Å²) < 4.78 is 27.0. The van der Waals surface area contributed by atoms with Crippen molar-refractivity contribution in [1.29, 1.82) is 0 Å². The largest absolute Gasteiger partial charge is 0.346 e. The number of sulfone groups is 1. The van der Waals surface area contributed by atoms with Crippen molar-refractivity contribution >= 4 is 21.4 Å². The normalized spacial score (nSPS) is 11.4. The molecule has 4 rings (SSSR count). The van der Waals surface area contributed by atoms with Crippen LogP contribution >= 0.6 is 0 Å². The van der Waals surface area contributed by atoms with Crippen molar-refractivity contribution in [3.05, 3.63) is 102 Å². The lowest BCUT2D eigenvalue weighted by Crippen LogP contribution is -2.23. The van der Waals surface area contributed by atoms with Gasteiger partial charge in [-0.15, -0.1) is 0 Å². The zero-order valence-electron chi connectivity index (χ0n) is 15.5. The number of hydrogen-bond acceptors (Lipinski definition) is 4. The molecule has 7 heteroatoms. The Bertz CT molecular complexity index is 1230. The summed E-state index contributed by atoms with van der Waals surface area (Å²) in [7, 11) is -3.47. The Morgan fingerprint density at radius 1 is 0.966 bits per heavy atom. The average molecular weight is 405 g/mol. The Balaban J connectivity index is 1.45. The van der Waals surface area contributed by atoms with Crippen LogP contribution < -0.4 is 5.32 Å². The van der Waals surface area contributed by atoms with Crippen molar-refractivity contribution in [3.63, 3.8) is 0 Å². The molecular formula is C22H19N3O3S. The first-order chi connectivity index (χ1) is 14.0. The van der Waals surface area contributed by atoms with Gasteiger partial charge in [-0.25, -0.2) is 13.4 Å². The molecule has 0 radical (unpaired) electrons. The minimum atomic E-state index is -3.47. The summed E-state index contributed by atoms with van der Waals surface area (Å²) in [4.78, 5) is 17.2. The molecule has 6 nitrogen and oxygen atoms in total. The molecule has 2 heterocycles. The Morgan fingerprint density at radius 2 is 1.76 bits per heavy atom. The predicted molar refractivity (Wildman–Crippen MR) is 110 cm³/mol. The highest BCUT2D eigenvalue weighted by Gasteiger charge is 2.16. The first-order valence-corrected chi connectivity index (χ1v) is 10.7. The molecule has 0 spiro atoms. The molecule has 0 saturated carbocycles. The van der Waals surface area contributed by atoms with Crippen LogP contribution in [0.4, 0.5) is 0 Å². The van der Waals surface area contributed by atoms with Gasteiger partial charge < -0.3 is 9.72 Å². The number of imidazole rings is 1.